The van der Waals surface area contributed by atoms with Crippen molar-refractivity contribution in [3.05, 3.63) is 0 Å². The molecule has 3 heterocycles. The number of carbonyl (C=O) groups is 3. The predicted octanol–water partition coefficient (Wildman–Crippen LogP) is 0.369. The van der Waals surface area contributed by atoms with Gasteiger partial charge in [0.25, 0.3) is 0 Å². The van der Waals surface area contributed by atoms with E-state index < -0.39 is 117 Å². The first-order valence-corrected chi connectivity index (χ1v) is 27.7. The van der Waals surface area contributed by atoms with Crippen LogP contribution in [-0.4, -0.2) is 208 Å². The van der Waals surface area contributed by atoms with Crippen molar-refractivity contribution in [1.29, 1.82) is 0 Å². The van der Waals surface area contributed by atoms with Gasteiger partial charge < -0.3 is 95.6 Å². The molecule has 74 heavy (non-hydrogen) atoms. The summed E-state index contributed by atoms with van der Waals surface area (Å²) < 4.78 is 34.3. The van der Waals surface area contributed by atoms with Gasteiger partial charge in [0.1, 0.15) is 36.6 Å². The van der Waals surface area contributed by atoms with Crippen LogP contribution in [0.1, 0.15) is 150 Å². The van der Waals surface area contributed by atoms with Crippen LogP contribution in [0.5, 0.6) is 0 Å². The Morgan fingerprint density at radius 3 is 0.973 bits per heavy atom. The average molecular weight is 1070 g/mol. The average Bonchev–Trinajstić information content (AvgIpc) is 3.38. The smallest absolute Gasteiger partial charge is 0.220 e. The molecule has 0 aromatic carbocycles. The highest BCUT2D eigenvalue weighted by Crippen LogP contribution is 2.30. The molecular weight excluding hydrogens is 969 g/mol. The zero-order valence-electron chi connectivity index (χ0n) is 45.0. The highest BCUT2D eigenvalue weighted by Gasteiger charge is 2.44. The maximum atomic E-state index is 13.2. The molecule has 3 aliphatic heterocycles. The molecule has 3 fully saturated rings. The topological polar surface area (TPSA) is 337 Å². The monoisotopic (exact) mass is 1070 g/mol. The van der Waals surface area contributed by atoms with Crippen molar-refractivity contribution < 1.29 is 88.8 Å². The van der Waals surface area contributed by atoms with Crippen LogP contribution < -0.4 is 21.3 Å². The Bertz CT molecular complexity index is 1370. The molecule has 13 N–H and O–H groups in total. The van der Waals surface area contributed by atoms with Crippen LogP contribution >= 0.6 is 0 Å². The van der Waals surface area contributed by atoms with E-state index in [0.29, 0.717) is 58.7 Å². The number of aliphatic hydroxyl groups is 9. The third-order valence-corrected chi connectivity index (χ3v) is 14.7. The molecule has 0 bridgehead atoms. The fourth-order valence-corrected chi connectivity index (χ4v) is 9.78. The highest BCUT2D eigenvalue weighted by atomic mass is 16.7. The number of aliphatic hydroxyl groups excluding tert-OH is 9. The SMILES string of the molecule is CC(C)NC(CCC(=O)NCCCCCCO[C@@H]1OC(CO)[C@H](O)[C@H](O)C1C)(CCC(=O)NCCCCCCO[C@@H]1OC(CO)[C@H](O)[C@H](O)C1C)CCC(=O)NCCCCCCO[C@@H]1OC(CO)[C@H](O)[C@H](O)C1C. The first-order chi connectivity index (χ1) is 35.4. The number of carbonyl (C=O) groups excluding carboxylic acids is 3. The van der Waals surface area contributed by atoms with Gasteiger partial charge in [0.15, 0.2) is 18.9 Å². The fourth-order valence-electron chi connectivity index (χ4n) is 9.78. The molecule has 3 rings (SSSR count). The first-order valence-electron chi connectivity index (χ1n) is 27.7. The maximum Gasteiger partial charge on any atom is 0.220 e. The quantitative estimate of drug-likeness (QED) is 0.0372. The van der Waals surface area contributed by atoms with Crippen molar-refractivity contribution in [1.82, 2.24) is 21.3 Å². The van der Waals surface area contributed by atoms with Crippen LogP contribution in [-0.2, 0) is 42.8 Å². The van der Waals surface area contributed by atoms with Gasteiger partial charge in [0.05, 0.1) is 38.1 Å². The number of ether oxygens (including phenoxy) is 6. The van der Waals surface area contributed by atoms with Crippen molar-refractivity contribution in [2.45, 2.75) is 236 Å². The third kappa shape index (κ3) is 23.0. The summed E-state index contributed by atoms with van der Waals surface area (Å²) in [5.74, 6) is -1.72. The summed E-state index contributed by atoms with van der Waals surface area (Å²) in [5.41, 5.74) is -0.680. The van der Waals surface area contributed by atoms with E-state index in [1.165, 1.54) is 0 Å². The molecule has 0 saturated carbocycles. The standard InChI is InChI=1S/C52H98N4O18/c1-33(2)56-52(21-18-40(60)53-24-12-6-9-15-27-69-49-34(3)43(63)46(66)37(30-57)72-49,22-19-41(61)54-25-13-7-10-16-28-70-50-35(4)44(64)47(67)38(31-58)73-50)23-20-42(62)55-26-14-8-11-17-29-71-51-36(5)45(65)48(68)39(32-59)74-51/h33-39,43-51,56-59,63-68H,6-32H2,1-5H3,(H,53,60)(H,54,61)(H,55,62)/t34?,35?,36?,37?,38?,39?,43-,44-,45-,46+,47+,48+,49-,50-,51-,52?/m1/s1. The van der Waals surface area contributed by atoms with Gasteiger partial charge in [-0.3, -0.25) is 14.4 Å². The van der Waals surface area contributed by atoms with E-state index in [1.54, 1.807) is 20.8 Å². The molecule has 0 spiro atoms. The second-order valence-electron chi connectivity index (χ2n) is 21.2. The molecule has 3 amide bonds. The maximum absolute atomic E-state index is 13.2. The highest BCUT2D eigenvalue weighted by molar-refractivity contribution is 5.77. The molecule has 0 aromatic rings. The minimum atomic E-state index is -1.18. The largest absolute Gasteiger partial charge is 0.394 e. The first kappa shape index (κ1) is 66.1. The summed E-state index contributed by atoms with van der Waals surface area (Å²) in [7, 11) is 0. The molecule has 22 nitrogen and oxygen atoms in total. The minimum Gasteiger partial charge on any atom is -0.394 e. The fraction of sp³-hybridized carbons (Fsp3) is 0.942. The molecule has 15 atom stereocenters. The molecule has 0 radical (unpaired) electrons. The van der Waals surface area contributed by atoms with Gasteiger partial charge in [0.2, 0.25) is 17.7 Å². The number of rotatable bonds is 38. The van der Waals surface area contributed by atoms with Crippen molar-refractivity contribution in [3.63, 3.8) is 0 Å². The summed E-state index contributed by atoms with van der Waals surface area (Å²) >= 11 is 0. The summed E-state index contributed by atoms with van der Waals surface area (Å²) in [4.78, 5) is 39.7. The zero-order valence-corrected chi connectivity index (χ0v) is 45.0. The summed E-state index contributed by atoms with van der Waals surface area (Å²) in [6, 6.07) is 0.00286. The van der Waals surface area contributed by atoms with Gasteiger partial charge in [-0.15, -0.1) is 0 Å². The van der Waals surface area contributed by atoms with Crippen LogP contribution in [0.4, 0.5) is 0 Å². The van der Waals surface area contributed by atoms with Crippen LogP contribution in [0.15, 0.2) is 0 Å². The number of nitrogens with one attached hydrogen (secondary N) is 4. The normalized spacial score (nSPS) is 31.3. The molecule has 434 valence electrons. The Hall–Kier alpha value is -2.23. The molecule has 0 aliphatic carbocycles. The lowest BCUT2D eigenvalue weighted by Gasteiger charge is -2.40. The Morgan fingerprint density at radius 1 is 0.446 bits per heavy atom. The number of unbranched alkanes of at least 4 members (excludes halogenated alkanes) is 9. The van der Waals surface area contributed by atoms with Gasteiger partial charge in [0, 0.05) is 88.1 Å². The Kier molecular flexibility index (Phi) is 32.2. The summed E-state index contributed by atoms with van der Waals surface area (Å²) in [6.07, 6.45) is -0.282. The van der Waals surface area contributed by atoms with E-state index in [0.717, 1.165) is 77.0 Å². The van der Waals surface area contributed by atoms with E-state index >= 15 is 0 Å². The molecular formula is C52H98N4O18. The Balaban J connectivity index is 1.42. The van der Waals surface area contributed by atoms with Crippen molar-refractivity contribution >= 4 is 17.7 Å². The molecule has 3 aliphatic rings. The third-order valence-electron chi connectivity index (χ3n) is 14.7. The Morgan fingerprint density at radius 2 is 0.716 bits per heavy atom. The molecule has 0 aromatic heterocycles. The van der Waals surface area contributed by atoms with E-state index in [9.17, 15) is 60.3 Å². The van der Waals surface area contributed by atoms with Crippen LogP contribution in [0, 0.1) is 17.8 Å². The van der Waals surface area contributed by atoms with Gasteiger partial charge in [-0.1, -0.05) is 73.1 Å². The second kappa shape index (κ2) is 36.0. The minimum absolute atomic E-state index is 0.00286. The number of hydrogen-bond donors (Lipinski definition) is 13. The lowest BCUT2D eigenvalue weighted by Crippen LogP contribution is -2.55. The molecule has 22 heteroatoms. The van der Waals surface area contributed by atoms with E-state index in [2.05, 4.69) is 21.3 Å². The van der Waals surface area contributed by atoms with E-state index in [4.69, 9.17) is 28.4 Å². The van der Waals surface area contributed by atoms with Crippen LogP contribution in [0.3, 0.4) is 0 Å². The number of hydrogen-bond acceptors (Lipinski definition) is 19. The zero-order chi connectivity index (χ0) is 54.6. The second-order valence-corrected chi connectivity index (χ2v) is 21.2. The van der Waals surface area contributed by atoms with Gasteiger partial charge in [-0.2, -0.15) is 0 Å². The van der Waals surface area contributed by atoms with Gasteiger partial charge in [-0.25, -0.2) is 0 Å². The summed E-state index contributed by atoms with van der Waals surface area (Å²) in [5, 5.41) is 102. The predicted molar refractivity (Wildman–Crippen MR) is 272 cm³/mol. The van der Waals surface area contributed by atoms with Crippen molar-refractivity contribution in [2.75, 3.05) is 59.3 Å². The molecule has 3 saturated heterocycles. The lowest BCUT2D eigenvalue weighted by molar-refractivity contribution is -0.282. The summed E-state index contributed by atoms with van der Waals surface area (Å²) in [6.45, 7) is 10.5. The van der Waals surface area contributed by atoms with E-state index in [-0.39, 0.29) is 43.0 Å². The lowest BCUT2D eigenvalue weighted by atomic mass is 9.82. The van der Waals surface area contributed by atoms with Crippen molar-refractivity contribution in [3.8, 4) is 0 Å². The molecule has 6 unspecified atom stereocenters. The van der Waals surface area contributed by atoms with Crippen molar-refractivity contribution in [2.24, 2.45) is 17.8 Å². The van der Waals surface area contributed by atoms with Gasteiger partial charge >= 0.3 is 0 Å². The van der Waals surface area contributed by atoms with Gasteiger partial charge in [-0.05, 0) is 57.8 Å². The Labute approximate surface area is 439 Å². The van der Waals surface area contributed by atoms with Crippen LogP contribution in [0.2, 0.25) is 0 Å². The van der Waals surface area contributed by atoms with E-state index in [1.807, 2.05) is 13.8 Å². The number of amides is 3. The van der Waals surface area contributed by atoms with Crippen LogP contribution in [0.25, 0.3) is 0 Å².